The van der Waals surface area contributed by atoms with Crippen LogP contribution in [-0.4, -0.2) is 34.6 Å². The molecule has 2 aromatic heterocycles. The first-order chi connectivity index (χ1) is 17.5. The van der Waals surface area contributed by atoms with Gasteiger partial charge in [0.05, 0.1) is 48.7 Å². The molecular formula is C28H36N4O4. The van der Waals surface area contributed by atoms with Crippen LogP contribution in [0.4, 0.5) is 11.5 Å². The molecule has 4 aliphatic rings. The summed E-state index contributed by atoms with van der Waals surface area (Å²) in [6.45, 7) is 6.85. The highest BCUT2D eigenvalue weighted by molar-refractivity contribution is 6.09. The topological polar surface area (TPSA) is 96.3 Å². The Morgan fingerprint density at radius 1 is 1.22 bits per heavy atom. The lowest BCUT2D eigenvalue weighted by Crippen LogP contribution is -2.38. The molecule has 2 saturated carbocycles. The molecule has 0 radical (unpaired) electrons. The van der Waals surface area contributed by atoms with Gasteiger partial charge in [-0.15, -0.1) is 0 Å². The number of aromatic nitrogens is 2. The Morgan fingerprint density at radius 3 is 2.78 bits per heavy atom. The van der Waals surface area contributed by atoms with Crippen LogP contribution in [0.2, 0.25) is 0 Å². The SMILES string of the molecule is CC.COc1cc(NC(=O)c2cc3c(nc2N2C4CCC5CCC542)COC3)cc2c(C)cc(=O)[nH]c12.[HH].[HH]. The maximum absolute atomic E-state index is 13.6. The number of aryl methyl sites for hydroxylation is 1. The molecule has 3 atom stereocenters. The fourth-order valence-corrected chi connectivity index (χ4v) is 6.65. The average molecular weight is 493 g/mol. The molecule has 1 amide bonds. The summed E-state index contributed by atoms with van der Waals surface area (Å²) in [6, 6.07) is 7.62. The van der Waals surface area contributed by atoms with Gasteiger partial charge in [0.25, 0.3) is 5.91 Å². The standard InChI is InChI=1S/C26H26N4O4.C2H6.2H2/c1-13-7-22(31)29-23-17(13)9-16(10-20(23)33-2)27-25(32)18-8-14-11-34-12-19(14)28-24(18)30-21-4-3-15-5-6-26(15,21)30;1-2;;/h7-10,15,21H,3-6,11-12H2,1-2H3,(H,27,32)(H,29,31);1-2H3;2*1H. The summed E-state index contributed by atoms with van der Waals surface area (Å²) < 4.78 is 11.1. The van der Waals surface area contributed by atoms with E-state index in [1.807, 2.05) is 32.9 Å². The van der Waals surface area contributed by atoms with Crippen LogP contribution >= 0.6 is 0 Å². The van der Waals surface area contributed by atoms with Crippen LogP contribution in [0.1, 0.15) is 69.6 Å². The Labute approximate surface area is 213 Å². The molecule has 8 nitrogen and oxygen atoms in total. The van der Waals surface area contributed by atoms with E-state index in [1.165, 1.54) is 25.7 Å². The molecule has 192 valence electrons. The minimum atomic E-state index is -0.196. The monoisotopic (exact) mass is 492 g/mol. The van der Waals surface area contributed by atoms with Crippen molar-refractivity contribution in [3.05, 3.63) is 57.0 Å². The molecule has 3 fully saturated rings. The van der Waals surface area contributed by atoms with Crippen molar-refractivity contribution in [2.24, 2.45) is 5.92 Å². The number of ether oxygens (including phenoxy) is 2. The van der Waals surface area contributed by atoms with Crippen molar-refractivity contribution in [2.45, 2.75) is 71.2 Å². The Balaban J connectivity index is 0.000000822. The summed E-state index contributed by atoms with van der Waals surface area (Å²) >= 11 is 0. The van der Waals surface area contributed by atoms with E-state index in [0.717, 1.165) is 33.9 Å². The van der Waals surface area contributed by atoms with Gasteiger partial charge in [-0.1, -0.05) is 13.8 Å². The zero-order valence-electron chi connectivity index (χ0n) is 21.2. The molecule has 4 heterocycles. The van der Waals surface area contributed by atoms with E-state index in [4.69, 9.17) is 14.5 Å². The third-order valence-corrected chi connectivity index (χ3v) is 8.40. The highest BCUT2D eigenvalue weighted by atomic mass is 16.5. The summed E-state index contributed by atoms with van der Waals surface area (Å²) in [7, 11) is 1.55. The van der Waals surface area contributed by atoms with Crippen molar-refractivity contribution < 1.29 is 17.1 Å². The number of pyridine rings is 2. The highest BCUT2D eigenvalue weighted by Crippen LogP contribution is 2.68. The number of rotatable bonds is 4. The molecule has 3 aromatic rings. The Hall–Kier alpha value is -3.39. The Kier molecular flexibility index (Phi) is 5.33. The van der Waals surface area contributed by atoms with E-state index >= 15 is 0 Å². The van der Waals surface area contributed by atoms with Crippen molar-refractivity contribution in [1.29, 1.82) is 0 Å². The van der Waals surface area contributed by atoms with Crippen molar-refractivity contribution in [3.8, 4) is 5.75 Å². The first-order valence-electron chi connectivity index (χ1n) is 12.9. The summed E-state index contributed by atoms with van der Waals surface area (Å²) in [4.78, 5) is 35.8. The van der Waals surface area contributed by atoms with Gasteiger partial charge in [0.1, 0.15) is 11.6 Å². The Morgan fingerprint density at radius 2 is 2.06 bits per heavy atom. The summed E-state index contributed by atoms with van der Waals surface area (Å²) in [5, 5.41) is 3.90. The van der Waals surface area contributed by atoms with Gasteiger partial charge in [-0.25, -0.2) is 4.98 Å². The Bertz CT molecular complexity index is 1460. The van der Waals surface area contributed by atoms with E-state index in [1.54, 1.807) is 19.2 Å². The van der Waals surface area contributed by atoms with Gasteiger partial charge in [0, 0.05) is 31.6 Å². The molecule has 36 heavy (non-hydrogen) atoms. The predicted molar refractivity (Wildman–Crippen MR) is 143 cm³/mol. The first-order valence-corrected chi connectivity index (χ1v) is 12.9. The van der Waals surface area contributed by atoms with Gasteiger partial charge in [0.15, 0.2) is 0 Å². The molecule has 1 saturated heterocycles. The average Bonchev–Trinajstić information content (AvgIpc) is 3.20. The van der Waals surface area contributed by atoms with Gasteiger partial charge in [-0.2, -0.15) is 0 Å². The maximum atomic E-state index is 13.6. The number of H-pyrrole nitrogens is 1. The van der Waals surface area contributed by atoms with E-state index in [-0.39, 0.29) is 19.9 Å². The lowest BCUT2D eigenvalue weighted by molar-refractivity contribution is 0.102. The zero-order valence-corrected chi connectivity index (χ0v) is 21.2. The fraction of sp³-hybridized carbons (Fsp3) is 0.464. The molecule has 1 spiro atoms. The first kappa shape index (κ1) is 23.0. The number of carbonyl (C=O) groups excluding carboxylic acids is 1. The summed E-state index contributed by atoms with van der Waals surface area (Å²) in [5.74, 6) is 1.84. The third-order valence-electron chi connectivity index (χ3n) is 8.40. The van der Waals surface area contributed by atoms with E-state index in [0.29, 0.717) is 41.8 Å². The van der Waals surface area contributed by atoms with Crippen LogP contribution in [0.15, 0.2) is 29.1 Å². The van der Waals surface area contributed by atoms with Crippen LogP contribution in [-0.2, 0) is 18.0 Å². The molecule has 0 bridgehead atoms. The van der Waals surface area contributed by atoms with Crippen LogP contribution in [0.25, 0.3) is 10.9 Å². The second-order valence-electron chi connectivity index (χ2n) is 10.0. The zero-order chi connectivity index (χ0) is 25.2. The number of nitrogens with zero attached hydrogens (tertiary/aromatic N) is 2. The van der Waals surface area contributed by atoms with Crippen molar-refractivity contribution in [2.75, 3.05) is 17.3 Å². The summed E-state index contributed by atoms with van der Waals surface area (Å²) in [6.07, 6.45) is 4.94. The van der Waals surface area contributed by atoms with Gasteiger partial charge in [-0.05, 0) is 56.2 Å². The van der Waals surface area contributed by atoms with Crippen molar-refractivity contribution in [3.63, 3.8) is 0 Å². The number of nitrogens with one attached hydrogen (secondary N) is 2. The van der Waals surface area contributed by atoms with Gasteiger partial charge >= 0.3 is 0 Å². The molecule has 7 rings (SSSR count). The number of fused-ring (bicyclic) bond motifs is 2. The predicted octanol–water partition coefficient (Wildman–Crippen LogP) is 5.17. The number of benzene rings is 1. The molecule has 8 heteroatoms. The third kappa shape index (κ3) is 3.20. The molecule has 1 aromatic carbocycles. The minimum Gasteiger partial charge on any atom is -0.494 e. The second-order valence-corrected chi connectivity index (χ2v) is 10.0. The number of hydrogen-bond acceptors (Lipinski definition) is 6. The van der Waals surface area contributed by atoms with Gasteiger partial charge in [0.2, 0.25) is 5.56 Å². The number of aromatic amines is 1. The second kappa shape index (κ2) is 8.34. The summed E-state index contributed by atoms with van der Waals surface area (Å²) in [5.41, 5.74) is 4.60. The molecule has 2 aliphatic heterocycles. The van der Waals surface area contributed by atoms with E-state index < -0.39 is 0 Å². The molecule has 2 N–H and O–H groups in total. The van der Waals surface area contributed by atoms with E-state index in [2.05, 4.69) is 15.2 Å². The van der Waals surface area contributed by atoms with Crippen molar-refractivity contribution in [1.82, 2.24) is 9.97 Å². The normalized spacial score (nSPS) is 24.7. The highest BCUT2D eigenvalue weighted by Gasteiger charge is 2.74. The largest absolute Gasteiger partial charge is 0.494 e. The maximum Gasteiger partial charge on any atom is 0.259 e. The number of anilines is 2. The van der Waals surface area contributed by atoms with Crippen LogP contribution in [0, 0.1) is 12.8 Å². The van der Waals surface area contributed by atoms with Crippen molar-refractivity contribution >= 4 is 28.3 Å². The number of piperidine rings is 1. The quantitative estimate of drug-likeness (QED) is 0.488. The number of amides is 1. The fourth-order valence-electron chi connectivity index (χ4n) is 6.65. The van der Waals surface area contributed by atoms with Gasteiger partial charge < -0.3 is 24.7 Å². The molecule has 2 aliphatic carbocycles. The van der Waals surface area contributed by atoms with Crippen LogP contribution in [0.3, 0.4) is 0 Å². The van der Waals surface area contributed by atoms with Crippen LogP contribution in [0.5, 0.6) is 5.75 Å². The van der Waals surface area contributed by atoms with E-state index in [9.17, 15) is 9.59 Å². The molecular weight excluding hydrogens is 456 g/mol. The number of methoxy groups -OCH3 is 1. The number of carbonyl (C=O) groups is 1. The lowest BCUT2D eigenvalue weighted by atomic mass is 9.74. The molecule has 3 unspecified atom stereocenters. The van der Waals surface area contributed by atoms with Gasteiger partial charge in [-0.3, -0.25) is 9.59 Å². The van der Waals surface area contributed by atoms with Crippen LogP contribution < -0.4 is 20.5 Å². The minimum absolute atomic E-state index is 0. The smallest absolute Gasteiger partial charge is 0.259 e. The lowest BCUT2D eigenvalue weighted by Gasteiger charge is -2.36. The number of hydrogen-bond donors (Lipinski definition) is 2.